The standard InChI is InChI=1S/C17H22N4O/c1-10(2)18-9-13-8-14-12(4)6-11(3)7-15(14)21-16(13)19-20(5)17(21)22/h6-8,10,18H,9H2,1-5H3. The zero-order valence-corrected chi connectivity index (χ0v) is 13.8. The normalized spacial score (nSPS) is 11.9. The van der Waals surface area contributed by atoms with Crippen LogP contribution in [0.1, 0.15) is 30.5 Å². The lowest BCUT2D eigenvalue weighted by Gasteiger charge is -2.12. The fourth-order valence-corrected chi connectivity index (χ4v) is 2.90. The van der Waals surface area contributed by atoms with E-state index in [1.807, 2.05) is 6.92 Å². The molecule has 116 valence electrons. The Morgan fingerprint density at radius 2 is 1.95 bits per heavy atom. The van der Waals surface area contributed by atoms with Gasteiger partial charge in [0.2, 0.25) is 0 Å². The third kappa shape index (κ3) is 2.31. The summed E-state index contributed by atoms with van der Waals surface area (Å²) in [5, 5.41) is 8.95. The summed E-state index contributed by atoms with van der Waals surface area (Å²) in [5.41, 5.74) is 4.94. The van der Waals surface area contributed by atoms with Gasteiger partial charge in [-0.15, -0.1) is 5.10 Å². The fourth-order valence-electron chi connectivity index (χ4n) is 2.90. The van der Waals surface area contributed by atoms with Gasteiger partial charge in [0.25, 0.3) is 0 Å². The van der Waals surface area contributed by atoms with E-state index in [2.05, 4.69) is 49.4 Å². The predicted octanol–water partition coefficient (Wildman–Crippen LogP) is 2.30. The first-order valence-electron chi connectivity index (χ1n) is 7.60. The molecule has 1 N–H and O–H groups in total. The van der Waals surface area contributed by atoms with Crippen molar-refractivity contribution in [1.29, 1.82) is 0 Å². The number of nitrogens with zero attached hydrogens (tertiary/aromatic N) is 3. The molecule has 2 heterocycles. The summed E-state index contributed by atoms with van der Waals surface area (Å²) >= 11 is 0. The number of fused-ring (bicyclic) bond motifs is 3. The van der Waals surface area contributed by atoms with Crippen LogP contribution in [-0.4, -0.2) is 20.2 Å². The van der Waals surface area contributed by atoms with Crippen LogP contribution in [0.15, 0.2) is 23.0 Å². The molecule has 3 rings (SSSR count). The van der Waals surface area contributed by atoms with Crippen LogP contribution in [-0.2, 0) is 13.6 Å². The fraction of sp³-hybridized carbons (Fsp3) is 0.412. The highest BCUT2D eigenvalue weighted by atomic mass is 16.2. The van der Waals surface area contributed by atoms with Gasteiger partial charge in [0.15, 0.2) is 5.65 Å². The molecule has 0 saturated carbocycles. The van der Waals surface area contributed by atoms with Crippen molar-refractivity contribution in [2.75, 3.05) is 0 Å². The van der Waals surface area contributed by atoms with E-state index in [0.717, 1.165) is 27.7 Å². The van der Waals surface area contributed by atoms with E-state index >= 15 is 0 Å². The number of pyridine rings is 1. The minimum absolute atomic E-state index is 0.101. The summed E-state index contributed by atoms with van der Waals surface area (Å²) in [4.78, 5) is 12.5. The van der Waals surface area contributed by atoms with E-state index in [1.165, 1.54) is 10.2 Å². The molecular weight excluding hydrogens is 276 g/mol. The molecule has 0 aliphatic carbocycles. The number of hydrogen-bond donors (Lipinski definition) is 1. The molecule has 0 spiro atoms. The summed E-state index contributed by atoms with van der Waals surface area (Å²) in [6.45, 7) is 9.05. The molecule has 5 nitrogen and oxygen atoms in total. The smallest absolute Gasteiger partial charge is 0.310 e. The molecule has 0 saturated heterocycles. The van der Waals surface area contributed by atoms with Gasteiger partial charge in [0.1, 0.15) is 0 Å². The topological polar surface area (TPSA) is 51.3 Å². The Morgan fingerprint density at radius 1 is 1.23 bits per heavy atom. The first kappa shape index (κ1) is 14.8. The van der Waals surface area contributed by atoms with E-state index in [9.17, 15) is 4.79 Å². The second-order valence-electron chi connectivity index (χ2n) is 6.28. The number of rotatable bonds is 3. The summed E-state index contributed by atoms with van der Waals surface area (Å²) in [7, 11) is 1.70. The van der Waals surface area contributed by atoms with Gasteiger partial charge in [0.05, 0.1) is 5.52 Å². The zero-order valence-electron chi connectivity index (χ0n) is 13.8. The maximum absolute atomic E-state index is 12.5. The molecule has 0 aliphatic heterocycles. The predicted molar refractivity (Wildman–Crippen MR) is 89.4 cm³/mol. The number of aryl methyl sites for hydroxylation is 3. The summed E-state index contributed by atoms with van der Waals surface area (Å²) in [6.07, 6.45) is 0. The van der Waals surface area contributed by atoms with Gasteiger partial charge >= 0.3 is 5.69 Å². The Bertz CT molecular complexity index is 918. The maximum atomic E-state index is 12.5. The maximum Gasteiger partial charge on any atom is 0.350 e. The van der Waals surface area contributed by atoms with Crippen molar-refractivity contribution in [2.24, 2.45) is 7.05 Å². The molecule has 3 aromatic rings. The molecule has 0 aliphatic rings. The molecule has 0 fully saturated rings. The van der Waals surface area contributed by atoms with Crippen LogP contribution in [0, 0.1) is 13.8 Å². The van der Waals surface area contributed by atoms with Crippen molar-refractivity contribution < 1.29 is 0 Å². The molecule has 5 heteroatoms. The molecule has 2 aromatic heterocycles. The average Bonchev–Trinajstić information content (AvgIpc) is 2.73. The molecular formula is C17H22N4O. The Morgan fingerprint density at radius 3 is 2.64 bits per heavy atom. The van der Waals surface area contributed by atoms with Gasteiger partial charge in [-0.25, -0.2) is 13.9 Å². The van der Waals surface area contributed by atoms with Crippen molar-refractivity contribution >= 4 is 16.6 Å². The molecule has 0 bridgehead atoms. The Kier molecular flexibility index (Phi) is 3.53. The Balaban J connectivity index is 2.40. The summed E-state index contributed by atoms with van der Waals surface area (Å²) in [6, 6.07) is 6.74. The Hall–Kier alpha value is -2.14. The molecule has 0 atom stereocenters. The lowest BCUT2D eigenvalue weighted by molar-refractivity contribution is 0.589. The van der Waals surface area contributed by atoms with Crippen LogP contribution in [0.3, 0.4) is 0 Å². The molecule has 0 unspecified atom stereocenters. The van der Waals surface area contributed by atoms with Crippen LogP contribution in [0.5, 0.6) is 0 Å². The number of benzene rings is 1. The van der Waals surface area contributed by atoms with Gasteiger partial charge in [-0.05, 0) is 37.1 Å². The van der Waals surface area contributed by atoms with E-state index < -0.39 is 0 Å². The third-order valence-electron chi connectivity index (χ3n) is 3.98. The van der Waals surface area contributed by atoms with Crippen molar-refractivity contribution in [2.45, 2.75) is 40.3 Å². The van der Waals surface area contributed by atoms with Gasteiger partial charge in [-0.2, -0.15) is 0 Å². The van der Waals surface area contributed by atoms with Crippen LogP contribution < -0.4 is 11.0 Å². The first-order valence-corrected chi connectivity index (χ1v) is 7.60. The molecule has 0 amide bonds. The highest BCUT2D eigenvalue weighted by Gasteiger charge is 2.14. The Labute approximate surface area is 129 Å². The van der Waals surface area contributed by atoms with Crippen LogP contribution in [0.25, 0.3) is 16.6 Å². The van der Waals surface area contributed by atoms with Crippen molar-refractivity contribution in [1.82, 2.24) is 19.5 Å². The number of hydrogen-bond acceptors (Lipinski definition) is 3. The van der Waals surface area contributed by atoms with Gasteiger partial charge < -0.3 is 5.32 Å². The van der Waals surface area contributed by atoms with Gasteiger partial charge in [-0.3, -0.25) is 0 Å². The first-order chi connectivity index (χ1) is 10.4. The molecule has 22 heavy (non-hydrogen) atoms. The van der Waals surface area contributed by atoms with E-state index in [-0.39, 0.29) is 5.69 Å². The minimum Gasteiger partial charge on any atom is -0.310 e. The van der Waals surface area contributed by atoms with Crippen molar-refractivity contribution in [3.05, 3.63) is 45.4 Å². The van der Waals surface area contributed by atoms with Crippen LogP contribution >= 0.6 is 0 Å². The quantitative estimate of drug-likeness (QED) is 0.807. The third-order valence-corrected chi connectivity index (χ3v) is 3.98. The van der Waals surface area contributed by atoms with Crippen molar-refractivity contribution in [3.8, 4) is 0 Å². The van der Waals surface area contributed by atoms with Crippen LogP contribution in [0.4, 0.5) is 0 Å². The van der Waals surface area contributed by atoms with Crippen molar-refractivity contribution in [3.63, 3.8) is 0 Å². The largest absolute Gasteiger partial charge is 0.350 e. The molecule has 1 aromatic carbocycles. The van der Waals surface area contributed by atoms with E-state index in [4.69, 9.17) is 0 Å². The summed E-state index contributed by atoms with van der Waals surface area (Å²) < 4.78 is 3.14. The second kappa shape index (κ2) is 5.25. The molecule has 0 radical (unpaired) electrons. The number of aromatic nitrogens is 3. The minimum atomic E-state index is -0.101. The lowest BCUT2D eigenvalue weighted by Crippen LogP contribution is -2.23. The van der Waals surface area contributed by atoms with Crippen LogP contribution in [0.2, 0.25) is 0 Å². The SMILES string of the molecule is Cc1cc(C)c2cc(CNC(C)C)c3nn(C)c(=O)n3c2c1. The monoisotopic (exact) mass is 298 g/mol. The van der Waals surface area contributed by atoms with E-state index in [0.29, 0.717) is 12.6 Å². The zero-order chi connectivity index (χ0) is 16.0. The summed E-state index contributed by atoms with van der Waals surface area (Å²) in [5.74, 6) is 0. The highest BCUT2D eigenvalue weighted by molar-refractivity contribution is 5.87. The van der Waals surface area contributed by atoms with Gasteiger partial charge in [-0.1, -0.05) is 19.9 Å². The second-order valence-corrected chi connectivity index (χ2v) is 6.28. The number of nitrogens with one attached hydrogen (secondary N) is 1. The average molecular weight is 298 g/mol. The van der Waals surface area contributed by atoms with Gasteiger partial charge in [0, 0.05) is 30.6 Å². The highest BCUT2D eigenvalue weighted by Crippen LogP contribution is 2.23. The van der Waals surface area contributed by atoms with E-state index in [1.54, 1.807) is 11.4 Å². The lowest BCUT2D eigenvalue weighted by atomic mass is 10.0.